The van der Waals surface area contributed by atoms with E-state index in [1.165, 1.54) is 6.42 Å². The summed E-state index contributed by atoms with van der Waals surface area (Å²) in [5.74, 6) is 0.975. The van der Waals surface area contributed by atoms with Crippen LogP contribution in [-0.4, -0.2) is 24.2 Å². The first-order chi connectivity index (χ1) is 7.44. The third-order valence-electron chi connectivity index (χ3n) is 3.39. The molecule has 1 saturated carbocycles. The van der Waals surface area contributed by atoms with Crippen molar-refractivity contribution in [1.82, 2.24) is 5.32 Å². The van der Waals surface area contributed by atoms with Gasteiger partial charge in [0.25, 0.3) is 0 Å². The fraction of sp³-hybridized carbons (Fsp3) is 0.923. The van der Waals surface area contributed by atoms with E-state index in [0.717, 1.165) is 12.8 Å². The van der Waals surface area contributed by atoms with Gasteiger partial charge in [-0.15, -0.1) is 0 Å². The van der Waals surface area contributed by atoms with E-state index in [4.69, 9.17) is 5.11 Å². The summed E-state index contributed by atoms with van der Waals surface area (Å²) in [7, 11) is 0. The van der Waals surface area contributed by atoms with Gasteiger partial charge in [0, 0.05) is 19.1 Å². The molecule has 0 aromatic heterocycles. The van der Waals surface area contributed by atoms with E-state index in [1.54, 1.807) is 0 Å². The van der Waals surface area contributed by atoms with Crippen molar-refractivity contribution in [3.8, 4) is 0 Å². The standard InChI is InChI=1S/C13H25NO2/c1-10-7-11(9-13(2,3)8-10)12(16)14-5-4-6-15/h10-11,15H,4-9H2,1-3H3,(H,14,16). The van der Waals surface area contributed by atoms with Crippen LogP contribution >= 0.6 is 0 Å². The molecule has 0 aromatic rings. The highest BCUT2D eigenvalue weighted by Crippen LogP contribution is 2.41. The van der Waals surface area contributed by atoms with Gasteiger partial charge in [-0.2, -0.15) is 0 Å². The summed E-state index contributed by atoms with van der Waals surface area (Å²) in [6.07, 6.45) is 3.86. The molecule has 0 aliphatic heterocycles. The molecule has 0 aromatic carbocycles. The summed E-state index contributed by atoms with van der Waals surface area (Å²) in [5, 5.41) is 11.6. The third-order valence-corrected chi connectivity index (χ3v) is 3.39. The highest BCUT2D eigenvalue weighted by molar-refractivity contribution is 5.78. The number of aliphatic hydroxyl groups excluding tert-OH is 1. The molecular formula is C13H25NO2. The average molecular weight is 227 g/mol. The predicted molar refractivity (Wildman–Crippen MR) is 65.0 cm³/mol. The molecule has 1 rings (SSSR count). The topological polar surface area (TPSA) is 49.3 Å². The molecule has 16 heavy (non-hydrogen) atoms. The van der Waals surface area contributed by atoms with E-state index in [1.807, 2.05) is 0 Å². The molecule has 1 amide bonds. The number of hydrogen-bond donors (Lipinski definition) is 2. The van der Waals surface area contributed by atoms with Gasteiger partial charge in [0.05, 0.1) is 0 Å². The molecule has 0 spiro atoms. The smallest absolute Gasteiger partial charge is 0.223 e. The molecule has 2 unspecified atom stereocenters. The van der Waals surface area contributed by atoms with E-state index in [2.05, 4.69) is 26.1 Å². The molecule has 94 valence electrons. The van der Waals surface area contributed by atoms with Crippen molar-refractivity contribution in [1.29, 1.82) is 0 Å². The zero-order chi connectivity index (χ0) is 12.2. The van der Waals surface area contributed by atoms with E-state index in [-0.39, 0.29) is 23.8 Å². The van der Waals surface area contributed by atoms with E-state index in [9.17, 15) is 4.79 Å². The number of nitrogens with one attached hydrogen (secondary N) is 1. The molecule has 1 fully saturated rings. The maximum absolute atomic E-state index is 11.9. The Morgan fingerprint density at radius 3 is 2.69 bits per heavy atom. The Balaban J connectivity index is 2.43. The monoisotopic (exact) mass is 227 g/mol. The van der Waals surface area contributed by atoms with Crippen molar-refractivity contribution in [2.45, 2.75) is 46.5 Å². The highest BCUT2D eigenvalue weighted by atomic mass is 16.3. The SMILES string of the molecule is CC1CC(C(=O)NCCCO)CC(C)(C)C1. The van der Waals surface area contributed by atoms with Gasteiger partial charge >= 0.3 is 0 Å². The van der Waals surface area contributed by atoms with Gasteiger partial charge in [-0.1, -0.05) is 20.8 Å². The Hall–Kier alpha value is -0.570. The van der Waals surface area contributed by atoms with Gasteiger partial charge in [-0.05, 0) is 37.0 Å². The first kappa shape index (κ1) is 13.5. The van der Waals surface area contributed by atoms with Crippen LogP contribution in [0.3, 0.4) is 0 Å². The van der Waals surface area contributed by atoms with Gasteiger partial charge in [-0.25, -0.2) is 0 Å². The van der Waals surface area contributed by atoms with Crippen LogP contribution in [0.5, 0.6) is 0 Å². The lowest BCUT2D eigenvalue weighted by molar-refractivity contribution is -0.128. The van der Waals surface area contributed by atoms with E-state index in [0.29, 0.717) is 18.9 Å². The Bertz CT molecular complexity index is 238. The third kappa shape index (κ3) is 4.12. The first-order valence-corrected chi connectivity index (χ1v) is 6.33. The average Bonchev–Trinajstić information content (AvgIpc) is 2.14. The van der Waals surface area contributed by atoms with Gasteiger partial charge in [0.1, 0.15) is 0 Å². The summed E-state index contributed by atoms with van der Waals surface area (Å²) in [5.41, 5.74) is 0.288. The van der Waals surface area contributed by atoms with Crippen LogP contribution in [0.25, 0.3) is 0 Å². The number of aliphatic hydroxyl groups is 1. The summed E-state index contributed by atoms with van der Waals surface area (Å²) >= 11 is 0. The lowest BCUT2D eigenvalue weighted by Gasteiger charge is -2.38. The van der Waals surface area contributed by atoms with E-state index < -0.39 is 0 Å². The molecule has 0 bridgehead atoms. The van der Waals surface area contributed by atoms with Gasteiger partial charge < -0.3 is 10.4 Å². The molecule has 3 heteroatoms. The minimum Gasteiger partial charge on any atom is -0.396 e. The summed E-state index contributed by atoms with van der Waals surface area (Å²) < 4.78 is 0. The minimum absolute atomic E-state index is 0.146. The van der Waals surface area contributed by atoms with Gasteiger partial charge in [0.2, 0.25) is 5.91 Å². The second-order valence-corrected chi connectivity index (χ2v) is 5.98. The first-order valence-electron chi connectivity index (χ1n) is 6.33. The van der Waals surface area contributed by atoms with Crippen molar-refractivity contribution in [3.63, 3.8) is 0 Å². The Labute approximate surface area is 98.6 Å². The van der Waals surface area contributed by atoms with Gasteiger partial charge in [-0.3, -0.25) is 4.79 Å². The molecule has 0 saturated heterocycles. The quantitative estimate of drug-likeness (QED) is 0.721. The summed E-state index contributed by atoms with van der Waals surface area (Å²) in [6, 6.07) is 0. The molecular weight excluding hydrogens is 202 g/mol. The number of rotatable bonds is 4. The predicted octanol–water partition coefficient (Wildman–Crippen LogP) is 1.95. The number of carbonyl (C=O) groups excluding carboxylic acids is 1. The second-order valence-electron chi connectivity index (χ2n) is 5.98. The lowest BCUT2D eigenvalue weighted by atomic mass is 9.68. The zero-order valence-electron chi connectivity index (χ0n) is 10.8. The number of amides is 1. The van der Waals surface area contributed by atoms with Crippen LogP contribution in [0.15, 0.2) is 0 Å². The highest BCUT2D eigenvalue weighted by Gasteiger charge is 2.35. The molecule has 0 heterocycles. The van der Waals surface area contributed by atoms with Crippen molar-refractivity contribution < 1.29 is 9.90 Å². The molecule has 1 aliphatic rings. The molecule has 2 N–H and O–H groups in total. The molecule has 2 atom stereocenters. The normalized spacial score (nSPS) is 28.8. The van der Waals surface area contributed by atoms with Gasteiger partial charge in [0.15, 0.2) is 0 Å². The van der Waals surface area contributed by atoms with Crippen LogP contribution in [-0.2, 0) is 4.79 Å². The number of carbonyl (C=O) groups is 1. The number of hydrogen-bond acceptors (Lipinski definition) is 2. The molecule has 3 nitrogen and oxygen atoms in total. The maximum Gasteiger partial charge on any atom is 0.223 e. The van der Waals surface area contributed by atoms with Crippen LogP contribution in [0, 0.1) is 17.3 Å². The fourth-order valence-electron chi connectivity index (χ4n) is 2.98. The van der Waals surface area contributed by atoms with Crippen LogP contribution in [0.2, 0.25) is 0 Å². The Morgan fingerprint density at radius 2 is 2.12 bits per heavy atom. The maximum atomic E-state index is 11.9. The zero-order valence-corrected chi connectivity index (χ0v) is 10.8. The van der Waals surface area contributed by atoms with Crippen molar-refractivity contribution in [3.05, 3.63) is 0 Å². The van der Waals surface area contributed by atoms with Crippen molar-refractivity contribution >= 4 is 5.91 Å². The van der Waals surface area contributed by atoms with Crippen molar-refractivity contribution in [2.75, 3.05) is 13.2 Å². The molecule has 0 radical (unpaired) electrons. The van der Waals surface area contributed by atoms with Crippen LogP contribution in [0.4, 0.5) is 0 Å². The summed E-state index contributed by atoms with van der Waals surface area (Å²) in [6.45, 7) is 7.47. The summed E-state index contributed by atoms with van der Waals surface area (Å²) in [4.78, 5) is 11.9. The fourth-order valence-corrected chi connectivity index (χ4v) is 2.98. The Kier molecular flexibility index (Phi) is 4.78. The lowest BCUT2D eigenvalue weighted by Crippen LogP contribution is -2.38. The minimum atomic E-state index is 0.146. The van der Waals surface area contributed by atoms with Crippen LogP contribution < -0.4 is 5.32 Å². The van der Waals surface area contributed by atoms with Crippen LogP contribution in [0.1, 0.15) is 46.5 Å². The largest absolute Gasteiger partial charge is 0.396 e. The second kappa shape index (κ2) is 5.67. The van der Waals surface area contributed by atoms with E-state index >= 15 is 0 Å². The molecule has 1 aliphatic carbocycles. The Morgan fingerprint density at radius 1 is 1.44 bits per heavy atom. The van der Waals surface area contributed by atoms with Crippen molar-refractivity contribution in [2.24, 2.45) is 17.3 Å².